The molecule has 2 aromatic carbocycles. The molecule has 1 aliphatic carbocycles. The number of primary amides is 1. The number of carbonyl (C=O) groups is 1. The van der Waals surface area contributed by atoms with E-state index in [4.69, 9.17) is 11.5 Å². The first-order valence-electron chi connectivity index (χ1n) is 12.3. The molecule has 1 amide bonds. The summed E-state index contributed by atoms with van der Waals surface area (Å²) in [5.74, 6) is 0.435. The molecule has 1 aliphatic rings. The van der Waals surface area contributed by atoms with E-state index >= 15 is 0 Å². The summed E-state index contributed by atoms with van der Waals surface area (Å²) in [5, 5.41) is 17.4. The molecule has 186 valence electrons. The maximum atomic E-state index is 12.1. The number of nitrogens with two attached hydrogens (primary N) is 2. The van der Waals surface area contributed by atoms with Gasteiger partial charge < -0.3 is 31.8 Å². The number of hydrogen-bond donors (Lipinski definition) is 5. The van der Waals surface area contributed by atoms with Crippen LogP contribution in [-0.4, -0.2) is 37.6 Å². The lowest BCUT2D eigenvalue weighted by atomic mass is 9.91. The van der Waals surface area contributed by atoms with E-state index in [1.165, 1.54) is 6.20 Å². The smallest absolute Gasteiger partial charge is 0.254 e. The zero-order valence-corrected chi connectivity index (χ0v) is 20.0. The van der Waals surface area contributed by atoms with Gasteiger partial charge in [0.15, 0.2) is 0 Å². The van der Waals surface area contributed by atoms with E-state index in [9.17, 15) is 9.90 Å². The van der Waals surface area contributed by atoms with Gasteiger partial charge in [-0.1, -0.05) is 31.0 Å². The quantitative estimate of drug-likeness (QED) is 0.254. The summed E-state index contributed by atoms with van der Waals surface area (Å²) in [6.07, 6.45) is 8.43. The molecule has 1 saturated carbocycles. The number of aromatic hydroxyl groups is 1. The molecule has 9 heteroatoms. The van der Waals surface area contributed by atoms with Gasteiger partial charge in [-0.15, -0.1) is 0 Å². The van der Waals surface area contributed by atoms with Crippen LogP contribution in [0.25, 0.3) is 10.9 Å². The molecule has 1 fully saturated rings. The SMILES string of the molecule is NC(=O)c1cnc(NC2CCCCC2N)nc1Nc1cccc2c1ccn2CCc1cccc(O)c1. The van der Waals surface area contributed by atoms with E-state index in [1.807, 2.05) is 36.5 Å². The number of hydrogen-bond acceptors (Lipinski definition) is 7. The summed E-state index contributed by atoms with van der Waals surface area (Å²) in [7, 11) is 0. The van der Waals surface area contributed by atoms with Crippen molar-refractivity contribution in [3.05, 3.63) is 72.1 Å². The molecular formula is C27H31N7O2. The summed E-state index contributed by atoms with van der Waals surface area (Å²) in [6.45, 7) is 0.756. The number of carbonyl (C=O) groups excluding carboxylic acids is 1. The van der Waals surface area contributed by atoms with E-state index in [2.05, 4.69) is 31.2 Å². The summed E-state index contributed by atoms with van der Waals surface area (Å²) in [6, 6.07) is 15.4. The number of anilines is 3. The van der Waals surface area contributed by atoms with Crippen molar-refractivity contribution in [2.45, 2.75) is 50.7 Å². The van der Waals surface area contributed by atoms with Crippen molar-refractivity contribution in [3.63, 3.8) is 0 Å². The van der Waals surface area contributed by atoms with Crippen LogP contribution in [0.4, 0.5) is 17.5 Å². The number of amides is 1. The summed E-state index contributed by atoms with van der Waals surface area (Å²) in [4.78, 5) is 21.0. The van der Waals surface area contributed by atoms with Gasteiger partial charge in [0.2, 0.25) is 5.95 Å². The normalized spacial score (nSPS) is 17.7. The first-order chi connectivity index (χ1) is 17.5. The van der Waals surface area contributed by atoms with Crippen LogP contribution in [-0.2, 0) is 13.0 Å². The number of benzene rings is 2. The maximum absolute atomic E-state index is 12.1. The van der Waals surface area contributed by atoms with Crippen molar-refractivity contribution in [3.8, 4) is 5.75 Å². The first kappa shape index (κ1) is 23.6. The topological polar surface area (TPSA) is 144 Å². The molecule has 2 aromatic heterocycles. The maximum Gasteiger partial charge on any atom is 0.254 e. The molecule has 9 nitrogen and oxygen atoms in total. The van der Waals surface area contributed by atoms with Gasteiger partial charge in [0.25, 0.3) is 5.91 Å². The zero-order valence-electron chi connectivity index (χ0n) is 20.0. The number of phenols is 1. The molecule has 2 atom stereocenters. The van der Waals surface area contributed by atoms with Crippen LogP contribution >= 0.6 is 0 Å². The number of phenolic OH excluding ortho intramolecular Hbond substituents is 1. The minimum Gasteiger partial charge on any atom is -0.508 e. The van der Waals surface area contributed by atoms with Gasteiger partial charge in [0, 0.05) is 42.1 Å². The fourth-order valence-corrected chi connectivity index (χ4v) is 4.85. The number of nitrogens with zero attached hydrogens (tertiary/aromatic N) is 3. The second kappa shape index (κ2) is 10.2. The highest BCUT2D eigenvalue weighted by Crippen LogP contribution is 2.29. The minimum atomic E-state index is -0.603. The molecule has 4 aromatic rings. The van der Waals surface area contributed by atoms with E-state index < -0.39 is 5.91 Å². The molecule has 5 rings (SSSR count). The highest BCUT2D eigenvalue weighted by Gasteiger charge is 2.23. The second-order valence-corrected chi connectivity index (χ2v) is 9.31. The lowest BCUT2D eigenvalue weighted by Gasteiger charge is -2.29. The van der Waals surface area contributed by atoms with Crippen LogP contribution in [0.2, 0.25) is 0 Å². The Morgan fingerprint density at radius 1 is 1.14 bits per heavy atom. The number of aryl methyl sites for hydroxylation is 2. The monoisotopic (exact) mass is 485 g/mol. The Kier molecular flexibility index (Phi) is 6.73. The summed E-state index contributed by atoms with van der Waals surface area (Å²) >= 11 is 0. The fourth-order valence-electron chi connectivity index (χ4n) is 4.85. The zero-order chi connectivity index (χ0) is 25.1. The highest BCUT2D eigenvalue weighted by molar-refractivity contribution is 6.00. The second-order valence-electron chi connectivity index (χ2n) is 9.31. The largest absolute Gasteiger partial charge is 0.508 e. The van der Waals surface area contributed by atoms with Crippen LogP contribution in [0.1, 0.15) is 41.6 Å². The van der Waals surface area contributed by atoms with E-state index in [0.29, 0.717) is 11.8 Å². The average molecular weight is 486 g/mol. The van der Waals surface area contributed by atoms with Crippen molar-refractivity contribution in [2.24, 2.45) is 11.5 Å². The fraction of sp³-hybridized carbons (Fsp3) is 0.296. The molecule has 7 N–H and O–H groups in total. The van der Waals surface area contributed by atoms with Crippen LogP contribution in [0, 0.1) is 0 Å². The minimum absolute atomic E-state index is 0.0444. The average Bonchev–Trinajstić information content (AvgIpc) is 3.28. The molecule has 36 heavy (non-hydrogen) atoms. The molecule has 0 bridgehead atoms. The van der Waals surface area contributed by atoms with Gasteiger partial charge in [0.05, 0.1) is 5.52 Å². The first-order valence-corrected chi connectivity index (χ1v) is 12.3. The predicted octanol–water partition coefficient (Wildman–Crippen LogP) is 3.90. The number of fused-ring (bicyclic) bond motifs is 1. The van der Waals surface area contributed by atoms with Crippen molar-refractivity contribution < 1.29 is 9.90 Å². The van der Waals surface area contributed by atoms with Crippen LogP contribution in [0.3, 0.4) is 0 Å². The van der Waals surface area contributed by atoms with E-state index in [-0.39, 0.29) is 23.4 Å². The number of nitrogens with one attached hydrogen (secondary N) is 2. The molecule has 2 unspecified atom stereocenters. The lowest BCUT2D eigenvalue weighted by molar-refractivity contribution is 0.100. The van der Waals surface area contributed by atoms with Crippen molar-refractivity contribution >= 4 is 34.3 Å². The summed E-state index contributed by atoms with van der Waals surface area (Å²) in [5.41, 5.74) is 15.0. The lowest BCUT2D eigenvalue weighted by Crippen LogP contribution is -2.43. The van der Waals surface area contributed by atoms with Gasteiger partial charge >= 0.3 is 0 Å². The van der Waals surface area contributed by atoms with Crippen LogP contribution in [0.15, 0.2) is 60.9 Å². The van der Waals surface area contributed by atoms with Gasteiger partial charge in [-0.05, 0) is 55.2 Å². The van der Waals surface area contributed by atoms with Crippen LogP contribution in [0.5, 0.6) is 5.75 Å². The van der Waals surface area contributed by atoms with Crippen molar-refractivity contribution in [1.29, 1.82) is 0 Å². The Hall–Kier alpha value is -4.11. The standard InChI is InChI=1S/C27H31N7O2/c28-21-7-1-2-8-23(21)32-27-30-16-20(25(29)36)26(33-27)31-22-9-4-10-24-19(22)12-14-34(24)13-11-17-5-3-6-18(35)15-17/h3-6,9-10,12,14-16,21,23,35H,1-2,7-8,11,13,28H2,(H2,29,36)(H2,30,31,32,33). The Bertz CT molecular complexity index is 1380. The third-order valence-corrected chi connectivity index (χ3v) is 6.81. The third kappa shape index (κ3) is 5.11. The van der Waals surface area contributed by atoms with Gasteiger partial charge in [-0.2, -0.15) is 4.98 Å². The van der Waals surface area contributed by atoms with Gasteiger partial charge in [-0.25, -0.2) is 4.98 Å². The Labute approximate surface area is 209 Å². The highest BCUT2D eigenvalue weighted by atomic mass is 16.3. The predicted molar refractivity (Wildman–Crippen MR) is 141 cm³/mol. The van der Waals surface area contributed by atoms with Crippen LogP contribution < -0.4 is 22.1 Å². The van der Waals surface area contributed by atoms with E-state index in [0.717, 1.165) is 60.8 Å². The molecule has 2 heterocycles. The third-order valence-electron chi connectivity index (χ3n) is 6.81. The number of aromatic nitrogens is 3. The van der Waals surface area contributed by atoms with E-state index in [1.54, 1.807) is 12.1 Å². The molecule has 0 spiro atoms. The summed E-state index contributed by atoms with van der Waals surface area (Å²) < 4.78 is 2.16. The van der Waals surface area contributed by atoms with Gasteiger partial charge in [-0.3, -0.25) is 4.79 Å². The Balaban J connectivity index is 1.39. The molecule has 0 saturated heterocycles. The Morgan fingerprint density at radius 2 is 1.97 bits per heavy atom. The Morgan fingerprint density at radius 3 is 2.78 bits per heavy atom. The molecule has 0 radical (unpaired) electrons. The molecular weight excluding hydrogens is 454 g/mol. The van der Waals surface area contributed by atoms with Crippen molar-refractivity contribution in [1.82, 2.24) is 14.5 Å². The van der Waals surface area contributed by atoms with Gasteiger partial charge in [0.1, 0.15) is 17.1 Å². The number of rotatable bonds is 8. The van der Waals surface area contributed by atoms with Crippen molar-refractivity contribution in [2.75, 3.05) is 10.6 Å². The molecule has 0 aliphatic heterocycles.